The number of nitrogens with one attached hydrogen (secondary N) is 1. The zero-order valence-corrected chi connectivity index (χ0v) is 30.4. The third-order valence-electron chi connectivity index (χ3n) is 10.7. The van der Waals surface area contributed by atoms with Crippen molar-refractivity contribution >= 4 is 23.6 Å². The van der Waals surface area contributed by atoms with E-state index in [0.717, 1.165) is 0 Å². The van der Waals surface area contributed by atoms with Gasteiger partial charge in [0.2, 0.25) is 0 Å². The van der Waals surface area contributed by atoms with Gasteiger partial charge in [-0.05, 0) is 67.1 Å². The van der Waals surface area contributed by atoms with Crippen LogP contribution in [0.4, 0.5) is 0 Å². The Hall–Kier alpha value is -2.16. The minimum atomic E-state index is -1.27. The number of ketones is 1. The quantitative estimate of drug-likeness (QED) is 0.313. The summed E-state index contributed by atoms with van der Waals surface area (Å²) in [6.45, 7) is 13.3. The summed E-state index contributed by atoms with van der Waals surface area (Å²) in [7, 11) is 8.44. The summed E-state index contributed by atoms with van der Waals surface area (Å²) in [5.41, 5.74) is -2.16. The molecule has 13 heteroatoms. The number of hydrogen-bond acceptors (Lipinski definition) is 12. The number of ether oxygens (including phenoxy) is 5. The monoisotopic (exact) mass is 669 g/mol. The average Bonchev–Trinajstić information content (AvgIpc) is 3.33. The van der Waals surface area contributed by atoms with Crippen LogP contribution in [0.15, 0.2) is 0 Å². The second-order valence-corrected chi connectivity index (χ2v) is 14.8. The number of likely N-dealkylation sites (N-methyl/N-ethyl adjacent to an activating group) is 2. The highest BCUT2D eigenvalue weighted by molar-refractivity contribution is 6.00. The Morgan fingerprint density at radius 1 is 1.09 bits per heavy atom. The zero-order chi connectivity index (χ0) is 35.6. The van der Waals surface area contributed by atoms with Crippen molar-refractivity contribution in [3.63, 3.8) is 0 Å². The van der Waals surface area contributed by atoms with Crippen LogP contribution in [0, 0.1) is 23.7 Å². The predicted octanol–water partition coefficient (Wildman–Crippen LogP) is 1.77. The summed E-state index contributed by atoms with van der Waals surface area (Å²) in [6.07, 6.45) is -3.80. The predicted molar refractivity (Wildman–Crippen MR) is 173 cm³/mol. The maximum atomic E-state index is 14.1. The largest absolute Gasteiger partial charge is 0.458 e. The van der Waals surface area contributed by atoms with Gasteiger partial charge in [-0.25, -0.2) is 0 Å². The Bertz CT molecular complexity index is 1140. The Labute approximate surface area is 280 Å². The lowest BCUT2D eigenvalue weighted by Gasteiger charge is -2.47. The van der Waals surface area contributed by atoms with E-state index >= 15 is 0 Å². The molecule has 0 radical (unpaired) electrons. The normalized spacial score (nSPS) is 42.6. The molecule has 47 heavy (non-hydrogen) atoms. The number of esters is 2. The molecule has 3 fully saturated rings. The first-order valence-electron chi connectivity index (χ1n) is 16.9. The molecule has 3 aliphatic rings. The number of methoxy groups -OCH3 is 1. The molecule has 3 rings (SSSR count). The number of carbonyl (C=O) groups excluding carboxylic acids is 4. The molecule has 13 atom stereocenters. The Balaban J connectivity index is 2.05. The molecule has 0 aromatic heterocycles. The van der Waals surface area contributed by atoms with Crippen LogP contribution in [0.25, 0.3) is 0 Å². The molecule has 270 valence electrons. The van der Waals surface area contributed by atoms with Crippen LogP contribution >= 0.6 is 0 Å². The van der Waals surface area contributed by atoms with E-state index in [-0.39, 0.29) is 42.6 Å². The van der Waals surface area contributed by atoms with Gasteiger partial charge in [-0.15, -0.1) is 0 Å². The number of carbonyl (C=O) groups is 4. The van der Waals surface area contributed by atoms with Gasteiger partial charge in [-0.2, -0.15) is 0 Å². The van der Waals surface area contributed by atoms with Crippen molar-refractivity contribution in [1.29, 1.82) is 0 Å². The van der Waals surface area contributed by atoms with Gasteiger partial charge >= 0.3 is 11.9 Å². The van der Waals surface area contributed by atoms with Crippen LogP contribution < -0.4 is 5.32 Å². The highest BCUT2D eigenvalue weighted by Gasteiger charge is 2.55. The van der Waals surface area contributed by atoms with Gasteiger partial charge in [0.1, 0.15) is 24.2 Å². The second-order valence-electron chi connectivity index (χ2n) is 14.8. The van der Waals surface area contributed by atoms with Crippen molar-refractivity contribution in [2.24, 2.45) is 23.7 Å². The van der Waals surface area contributed by atoms with Gasteiger partial charge in [0, 0.05) is 51.5 Å². The topological polar surface area (TPSA) is 153 Å². The number of aliphatic hydroxyl groups is 1. The van der Waals surface area contributed by atoms with Gasteiger partial charge in [0.15, 0.2) is 17.7 Å². The Morgan fingerprint density at radius 2 is 1.72 bits per heavy atom. The van der Waals surface area contributed by atoms with Crippen molar-refractivity contribution in [3.8, 4) is 0 Å². The first kappa shape index (κ1) is 39.3. The van der Waals surface area contributed by atoms with Crippen LogP contribution in [-0.4, -0.2) is 134 Å². The maximum Gasteiger partial charge on any atom is 0.316 e. The summed E-state index contributed by atoms with van der Waals surface area (Å²) >= 11 is 0. The van der Waals surface area contributed by atoms with Crippen molar-refractivity contribution in [1.82, 2.24) is 15.1 Å². The molecule has 2 N–H and O–H groups in total. The molecule has 0 aliphatic carbocycles. The first-order valence-corrected chi connectivity index (χ1v) is 16.9. The molecule has 3 aliphatic heterocycles. The van der Waals surface area contributed by atoms with Crippen LogP contribution in [0.3, 0.4) is 0 Å². The van der Waals surface area contributed by atoms with E-state index < -0.39 is 71.5 Å². The Kier molecular flexibility index (Phi) is 13.0. The van der Waals surface area contributed by atoms with Gasteiger partial charge in [-0.1, -0.05) is 20.8 Å². The van der Waals surface area contributed by atoms with E-state index in [2.05, 4.69) is 12.2 Å². The number of rotatable bonds is 6. The smallest absolute Gasteiger partial charge is 0.316 e. The molecule has 0 bridgehead atoms. The molecule has 3 saturated heterocycles. The highest BCUT2D eigenvalue weighted by atomic mass is 16.7. The third kappa shape index (κ3) is 8.36. The number of cyclic esters (lactones) is 1. The molecule has 1 amide bonds. The van der Waals surface area contributed by atoms with Gasteiger partial charge in [-0.3, -0.25) is 19.2 Å². The molecule has 13 nitrogen and oxygen atoms in total. The van der Waals surface area contributed by atoms with Crippen LogP contribution in [0.5, 0.6) is 0 Å². The third-order valence-corrected chi connectivity index (χ3v) is 10.7. The highest BCUT2D eigenvalue weighted by Crippen LogP contribution is 2.42. The number of aliphatic hydroxyl groups excluding tert-OH is 1. The minimum Gasteiger partial charge on any atom is -0.458 e. The van der Waals surface area contributed by atoms with Gasteiger partial charge in [0.05, 0.1) is 18.1 Å². The lowest BCUT2D eigenvalue weighted by Crippen LogP contribution is -2.61. The molecule has 3 heterocycles. The number of hydrogen-bond donors (Lipinski definition) is 2. The fourth-order valence-corrected chi connectivity index (χ4v) is 7.69. The van der Waals surface area contributed by atoms with Crippen molar-refractivity contribution in [3.05, 3.63) is 0 Å². The number of Topliss-reactive ketones (excluding diaryl/α,β-unsaturated/α-hetero) is 1. The van der Waals surface area contributed by atoms with Crippen molar-refractivity contribution < 1.29 is 48.0 Å². The standard InChI is InChI=1S/C34H59N3O10/c1-13-25-34(7)22(14-26(38)47-34)21(5)35-17-18(2)16-33(6,43-12)29(19(3)27(39)20(4)31(42)45-25)46-32-28(40)23(36(8)9)15-24(44-32)30(41)37(10)11/h18-25,28-29,32,35,40H,13-17H2,1-12H3/t18-,19+,20?,21-,22-,23?,24?,25-,28?,29-,32?,33-,34+/m1/s1. The van der Waals surface area contributed by atoms with Gasteiger partial charge in [0.25, 0.3) is 5.91 Å². The SMILES string of the molecule is CC[C@H]1OC(=O)C(C)C(=O)[C@H](C)[C@@H](OC2OC(C(=O)N(C)C)CC(N(C)C)C2O)[C@](C)(OC)C[C@@H](C)CN[C@H](C)[C@H]2CC(=O)O[C@@]21C. The van der Waals surface area contributed by atoms with E-state index in [0.29, 0.717) is 19.4 Å². The summed E-state index contributed by atoms with van der Waals surface area (Å²) in [4.78, 5) is 56.7. The van der Waals surface area contributed by atoms with Crippen molar-refractivity contribution in [2.75, 3.05) is 41.8 Å². The molecule has 5 unspecified atom stereocenters. The average molecular weight is 670 g/mol. The van der Waals surface area contributed by atoms with Gasteiger partial charge < -0.3 is 43.9 Å². The first-order chi connectivity index (χ1) is 21.8. The molecule has 0 aromatic carbocycles. The second kappa shape index (κ2) is 15.6. The maximum absolute atomic E-state index is 14.1. The van der Waals surface area contributed by atoms with Crippen LogP contribution in [-0.2, 0) is 42.9 Å². The molecular weight excluding hydrogens is 610 g/mol. The molecule has 0 spiro atoms. The van der Waals surface area contributed by atoms with Crippen LogP contribution in [0.1, 0.15) is 74.1 Å². The van der Waals surface area contributed by atoms with Crippen molar-refractivity contribution in [2.45, 2.75) is 128 Å². The minimum absolute atomic E-state index is 0.00252. The number of fused-ring (bicyclic) bond motifs is 1. The zero-order valence-electron chi connectivity index (χ0n) is 30.4. The summed E-state index contributed by atoms with van der Waals surface area (Å²) in [5, 5.41) is 15.0. The van der Waals surface area contributed by atoms with E-state index in [1.165, 1.54) is 11.8 Å². The fourth-order valence-electron chi connectivity index (χ4n) is 7.69. The van der Waals surface area contributed by atoms with E-state index in [9.17, 15) is 24.3 Å². The van der Waals surface area contributed by atoms with E-state index in [1.54, 1.807) is 35.1 Å². The molecule has 0 aromatic rings. The Morgan fingerprint density at radius 3 is 2.28 bits per heavy atom. The lowest BCUT2D eigenvalue weighted by atomic mass is 9.78. The molecule has 0 saturated carbocycles. The lowest BCUT2D eigenvalue weighted by molar-refractivity contribution is -0.294. The summed E-state index contributed by atoms with van der Waals surface area (Å²) < 4.78 is 30.7. The number of nitrogens with zero attached hydrogens (tertiary/aromatic N) is 2. The summed E-state index contributed by atoms with van der Waals surface area (Å²) in [5.74, 6) is -4.15. The molecular formula is C34H59N3O10. The van der Waals surface area contributed by atoms with Crippen LogP contribution in [0.2, 0.25) is 0 Å². The number of amides is 1. The fraction of sp³-hybridized carbons (Fsp3) is 0.882. The summed E-state index contributed by atoms with van der Waals surface area (Å²) in [6, 6.07) is -0.630. The van der Waals surface area contributed by atoms with E-state index in [4.69, 9.17) is 23.7 Å². The van der Waals surface area contributed by atoms with E-state index in [1.807, 2.05) is 39.8 Å².